The molecule has 0 bridgehead atoms. The van der Waals surface area contributed by atoms with Gasteiger partial charge in [0, 0.05) is 32.7 Å². The van der Waals surface area contributed by atoms with E-state index < -0.39 is 0 Å². The Bertz CT molecular complexity index is 445. The van der Waals surface area contributed by atoms with Gasteiger partial charge in [0.05, 0.1) is 12.1 Å². The van der Waals surface area contributed by atoms with Crippen LogP contribution in [0.3, 0.4) is 0 Å². The Balaban J connectivity index is 1.92. The topological polar surface area (TPSA) is 53.8 Å². The number of amides is 2. The third kappa shape index (κ3) is 3.32. The summed E-state index contributed by atoms with van der Waals surface area (Å²) in [5, 5.41) is 0. The zero-order chi connectivity index (χ0) is 13.8. The van der Waals surface area contributed by atoms with Crippen LogP contribution in [0.1, 0.15) is 12.2 Å². The van der Waals surface area contributed by atoms with E-state index in [0.717, 1.165) is 5.76 Å². The van der Waals surface area contributed by atoms with Gasteiger partial charge in [0.2, 0.25) is 11.8 Å². The van der Waals surface area contributed by atoms with Crippen molar-refractivity contribution >= 4 is 23.6 Å². The van der Waals surface area contributed by atoms with Crippen molar-refractivity contribution in [3.8, 4) is 0 Å². The fourth-order valence-corrected chi connectivity index (χ4v) is 3.19. The van der Waals surface area contributed by atoms with Gasteiger partial charge in [-0.2, -0.15) is 0 Å². The van der Waals surface area contributed by atoms with Crippen molar-refractivity contribution in [1.29, 1.82) is 0 Å². The summed E-state index contributed by atoms with van der Waals surface area (Å²) in [6.07, 6.45) is 2.56. The Hall–Kier alpha value is -1.43. The first-order valence-corrected chi connectivity index (χ1v) is 7.36. The zero-order valence-electron chi connectivity index (χ0n) is 11.2. The average Bonchev–Trinajstić information content (AvgIpc) is 3.05. The van der Waals surface area contributed by atoms with Crippen molar-refractivity contribution in [3.63, 3.8) is 0 Å². The van der Waals surface area contributed by atoms with Gasteiger partial charge in [0.25, 0.3) is 0 Å². The van der Waals surface area contributed by atoms with Crippen LogP contribution in [0.15, 0.2) is 22.8 Å². The summed E-state index contributed by atoms with van der Waals surface area (Å²) in [7, 11) is 3.44. The fraction of sp³-hybridized carbons (Fsp3) is 0.538. The highest BCUT2D eigenvalue weighted by Crippen LogP contribution is 2.23. The minimum atomic E-state index is -0.316. The van der Waals surface area contributed by atoms with Gasteiger partial charge in [-0.1, -0.05) is 0 Å². The van der Waals surface area contributed by atoms with E-state index in [1.807, 2.05) is 12.1 Å². The molecule has 0 unspecified atom stereocenters. The minimum absolute atomic E-state index is 0.00338. The van der Waals surface area contributed by atoms with Crippen molar-refractivity contribution in [2.24, 2.45) is 0 Å². The third-order valence-corrected chi connectivity index (χ3v) is 4.11. The van der Waals surface area contributed by atoms with Crippen LogP contribution in [0, 0.1) is 0 Å². The number of nitrogens with zero attached hydrogens (tertiary/aromatic N) is 2. The number of likely N-dealkylation sites (N-methyl/N-ethyl adjacent to an activating group) is 1. The lowest BCUT2D eigenvalue weighted by atomic mass is 10.2. The smallest absolute Gasteiger partial charge is 0.245 e. The molecule has 1 aromatic rings. The first kappa shape index (κ1) is 14.0. The van der Waals surface area contributed by atoms with Gasteiger partial charge in [-0.3, -0.25) is 9.59 Å². The number of hydrogen-bond acceptors (Lipinski definition) is 4. The molecule has 0 saturated carbocycles. The molecule has 6 heteroatoms. The molecule has 2 heterocycles. The van der Waals surface area contributed by atoms with Crippen LogP contribution in [0.4, 0.5) is 0 Å². The molecule has 1 atom stereocenters. The van der Waals surface area contributed by atoms with Crippen LogP contribution in [-0.2, 0) is 16.0 Å². The molecule has 0 aromatic carbocycles. The van der Waals surface area contributed by atoms with Gasteiger partial charge in [0.1, 0.15) is 11.8 Å². The first-order chi connectivity index (χ1) is 9.09. The predicted octanol–water partition coefficient (Wildman–Crippen LogP) is 1.20. The number of rotatable bonds is 4. The molecule has 0 radical (unpaired) electrons. The monoisotopic (exact) mass is 282 g/mol. The highest BCUT2D eigenvalue weighted by Gasteiger charge is 2.35. The molecule has 1 aliphatic rings. The van der Waals surface area contributed by atoms with Crippen LogP contribution in [0.2, 0.25) is 0 Å². The molecule has 19 heavy (non-hydrogen) atoms. The van der Waals surface area contributed by atoms with Crippen molar-refractivity contribution < 1.29 is 14.0 Å². The predicted molar refractivity (Wildman–Crippen MR) is 73.7 cm³/mol. The third-order valence-electron chi connectivity index (χ3n) is 3.09. The zero-order valence-corrected chi connectivity index (χ0v) is 12.0. The second-order valence-corrected chi connectivity index (χ2v) is 5.69. The summed E-state index contributed by atoms with van der Waals surface area (Å²) in [6.45, 7) is 0. The van der Waals surface area contributed by atoms with Crippen molar-refractivity contribution in [1.82, 2.24) is 9.80 Å². The average molecular weight is 282 g/mol. The SMILES string of the molecule is CN(C)C(=O)[C@@H]1CSCN1C(=O)CCc1ccco1. The highest BCUT2D eigenvalue weighted by molar-refractivity contribution is 7.99. The second-order valence-electron chi connectivity index (χ2n) is 4.69. The van der Waals surface area contributed by atoms with Gasteiger partial charge >= 0.3 is 0 Å². The van der Waals surface area contributed by atoms with Gasteiger partial charge in [0.15, 0.2) is 0 Å². The minimum Gasteiger partial charge on any atom is -0.469 e. The number of hydrogen-bond donors (Lipinski definition) is 0. The molecule has 1 aliphatic heterocycles. The Kier molecular flexibility index (Phi) is 4.52. The molecule has 5 nitrogen and oxygen atoms in total. The molecular weight excluding hydrogens is 264 g/mol. The highest BCUT2D eigenvalue weighted by atomic mass is 32.2. The number of carbonyl (C=O) groups is 2. The summed E-state index contributed by atoms with van der Waals surface area (Å²) in [5.41, 5.74) is 0. The van der Waals surface area contributed by atoms with Gasteiger partial charge in [-0.25, -0.2) is 0 Å². The lowest BCUT2D eigenvalue weighted by molar-refractivity contribution is -0.141. The quantitative estimate of drug-likeness (QED) is 0.833. The van der Waals surface area contributed by atoms with E-state index >= 15 is 0 Å². The van der Waals surface area contributed by atoms with Gasteiger partial charge in [-0.05, 0) is 12.1 Å². The largest absolute Gasteiger partial charge is 0.469 e. The fourth-order valence-electron chi connectivity index (χ4n) is 2.02. The molecule has 1 saturated heterocycles. The van der Waals surface area contributed by atoms with Crippen LogP contribution < -0.4 is 0 Å². The number of carbonyl (C=O) groups excluding carboxylic acids is 2. The Morgan fingerprint density at radius 2 is 2.32 bits per heavy atom. The van der Waals surface area contributed by atoms with Gasteiger partial charge in [-0.15, -0.1) is 11.8 Å². The standard InChI is InChI=1S/C13H18N2O3S/c1-14(2)13(17)11-8-19-9-15(11)12(16)6-5-10-4-3-7-18-10/h3-4,7,11H,5-6,8-9H2,1-2H3/t11-/m0/s1. The van der Waals surface area contributed by atoms with E-state index in [1.54, 1.807) is 41.9 Å². The van der Waals surface area contributed by atoms with Crippen LogP contribution >= 0.6 is 11.8 Å². The van der Waals surface area contributed by atoms with Crippen LogP contribution in [-0.4, -0.2) is 53.4 Å². The molecule has 0 spiro atoms. The summed E-state index contributed by atoms with van der Waals surface area (Å²) >= 11 is 1.62. The Labute approximate surface area is 116 Å². The molecule has 2 rings (SSSR count). The summed E-state index contributed by atoms with van der Waals surface area (Å²) in [4.78, 5) is 27.4. The first-order valence-electron chi connectivity index (χ1n) is 6.20. The summed E-state index contributed by atoms with van der Waals surface area (Å²) in [6, 6.07) is 3.35. The molecule has 0 N–H and O–H groups in total. The van der Waals surface area contributed by atoms with E-state index in [0.29, 0.717) is 24.5 Å². The lowest BCUT2D eigenvalue weighted by Crippen LogP contribution is -2.46. The van der Waals surface area contributed by atoms with Crippen molar-refractivity contribution in [3.05, 3.63) is 24.2 Å². The second kappa shape index (κ2) is 6.14. The van der Waals surface area contributed by atoms with Crippen molar-refractivity contribution in [2.45, 2.75) is 18.9 Å². The van der Waals surface area contributed by atoms with E-state index in [-0.39, 0.29) is 17.9 Å². The molecule has 1 aromatic heterocycles. The van der Waals surface area contributed by atoms with Crippen molar-refractivity contribution in [2.75, 3.05) is 25.7 Å². The maximum atomic E-state index is 12.2. The Morgan fingerprint density at radius 3 is 2.95 bits per heavy atom. The number of furan rings is 1. The van der Waals surface area contributed by atoms with Crippen LogP contribution in [0.25, 0.3) is 0 Å². The normalized spacial score (nSPS) is 18.6. The molecule has 1 fully saturated rings. The maximum Gasteiger partial charge on any atom is 0.245 e. The Morgan fingerprint density at radius 1 is 1.53 bits per heavy atom. The van der Waals surface area contributed by atoms with E-state index in [1.165, 1.54) is 0 Å². The molecule has 2 amide bonds. The summed E-state index contributed by atoms with van der Waals surface area (Å²) < 4.78 is 5.21. The van der Waals surface area contributed by atoms with E-state index in [2.05, 4.69) is 0 Å². The lowest BCUT2D eigenvalue weighted by Gasteiger charge is -2.25. The molecule has 104 valence electrons. The molecule has 0 aliphatic carbocycles. The number of thioether (sulfide) groups is 1. The van der Waals surface area contributed by atoms with Gasteiger partial charge < -0.3 is 14.2 Å². The summed E-state index contributed by atoms with van der Waals surface area (Å²) in [5.74, 6) is 2.10. The van der Waals surface area contributed by atoms with E-state index in [9.17, 15) is 9.59 Å². The maximum absolute atomic E-state index is 12.2. The van der Waals surface area contributed by atoms with Crippen LogP contribution in [0.5, 0.6) is 0 Å². The van der Waals surface area contributed by atoms with E-state index in [4.69, 9.17) is 4.42 Å². The molecular formula is C13H18N2O3S. The number of aryl methyl sites for hydroxylation is 1.